The normalized spacial score (nSPS) is 23.5. The van der Waals surface area contributed by atoms with Crippen molar-refractivity contribution in [2.24, 2.45) is 5.92 Å². The Morgan fingerprint density at radius 2 is 1.74 bits per heavy atom. The van der Waals surface area contributed by atoms with Crippen LogP contribution >= 0.6 is 24.8 Å². The highest BCUT2D eigenvalue weighted by atomic mass is 35.5. The minimum Gasteiger partial charge on any atom is -0.341 e. The van der Waals surface area contributed by atoms with Crippen LogP contribution in [0.15, 0.2) is 18.5 Å². The predicted molar refractivity (Wildman–Crippen MR) is 112 cm³/mol. The second-order valence-corrected chi connectivity index (χ2v) is 7.98. The number of nitrogens with one attached hydrogen (secondary N) is 1. The van der Waals surface area contributed by atoms with Crippen molar-refractivity contribution in [1.29, 1.82) is 0 Å². The second-order valence-electron chi connectivity index (χ2n) is 7.98. The number of carbonyl (C=O) groups is 1. The van der Waals surface area contributed by atoms with E-state index in [-0.39, 0.29) is 30.7 Å². The highest BCUT2D eigenvalue weighted by Crippen LogP contribution is 2.31. The number of nitrogens with zero attached hydrogens (tertiary/aromatic N) is 4. The Hall–Kier alpha value is -0.820. The molecule has 4 heterocycles. The Morgan fingerprint density at radius 3 is 2.33 bits per heavy atom. The van der Waals surface area contributed by atoms with Gasteiger partial charge in [0, 0.05) is 32.0 Å². The monoisotopic (exact) mass is 417 g/mol. The molecular weight excluding hydrogens is 385 g/mol. The summed E-state index contributed by atoms with van der Waals surface area (Å²) < 4.78 is 1.92. The first-order chi connectivity index (χ1) is 12.3. The van der Waals surface area contributed by atoms with Crippen LogP contribution < -0.4 is 5.32 Å². The largest absolute Gasteiger partial charge is 0.341 e. The van der Waals surface area contributed by atoms with Gasteiger partial charge in [-0.15, -0.1) is 24.8 Å². The molecule has 154 valence electrons. The molecule has 0 saturated carbocycles. The van der Waals surface area contributed by atoms with Gasteiger partial charge in [0.25, 0.3) is 5.91 Å². The Balaban J connectivity index is 0.00000131. The Morgan fingerprint density at radius 1 is 1.07 bits per heavy atom. The molecule has 0 atom stereocenters. The van der Waals surface area contributed by atoms with Gasteiger partial charge in [0.05, 0.1) is 0 Å². The van der Waals surface area contributed by atoms with Gasteiger partial charge in [-0.25, -0.2) is 0 Å². The van der Waals surface area contributed by atoms with E-state index < -0.39 is 5.54 Å². The van der Waals surface area contributed by atoms with Gasteiger partial charge in [-0.05, 0) is 76.7 Å². The first kappa shape index (κ1) is 22.5. The van der Waals surface area contributed by atoms with Crippen LogP contribution in [0.2, 0.25) is 0 Å². The van der Waals surface area contributed by atoms with Crippen molar-refractivity contribution >= 4 is 30.7 Å². The van der Waals surface area contributed by atoms with Crippen LogP contribution in [0.1, 0.15) is 38.5 Å². The lowest BCUT2D eigenvalue weighted by Crippen LogP contribution is -2.57. The number of aromatic nitrogens is 2. The van der Waals surface area contributed by atoms with E-state index in [9.17, 15) is 4.79 Å². The second kappa shape index (κ2) is 10.1. The summed E-state index contributed by atoms with van der Waals surface area (Å²) in [4.78, 5) is 18.2. The lowest BCUT2D eigenvalue weighted by Gasteiger charge is -2.42. The van der Waals surface area contributed by atoms with Crippen molar-refractivity contribution < 1.29 is 4.79 Å². The number of rotatable bonds is 4. The zero-order chi connectivity index (χ0) is 17.1. The summed E-state index contributed by atoms with van der Waals surface area (Å²) >= 11 is 0. The zero-order valence-corrected chi connectivity index (χ0v) is 17.6. The fourth-order valence-electron chi connectivity index (χ4n) is 4.85. The van der Waals surface area contributed by atoms with Gasteiger partial charge in [-0.2, -0.15) is 5.10 Å². The maximum absolute atomic E-state index is 13.5. The number of likely N-dealkylation sites (tertiary alicyclic amines) is 2. The van der Waals surface area contributed by atoms with Gasteiger partial charge < -0.3 is 15.1 Å². The zero-order valence-electron chi connectivity index (χ0n) is 16.0. The smallest absolute Gasteiger partial charge is 0.250 e. The Kier molecular flexibility index (Phi) is 8.40. The van der Waals surface area contributed by atoms with Crippen LogP contribution in [0.3, 0.4) is 0 Å². The molecule has 0 bridgehead atoms. The average Bonchev–Trinajstić information content (AvgIpc) is 3.36. The summed E-state index contributed by atoms with van der Waals surface area (Å²) in [5.74, 6) is 1.05. The molecule has 3 aliphatic heterocycles. The molecule has 1 aromatic rings. The lowest BCUT2D eigenvalue weighted by molar-refractivity contribution is -0.144. The molecular formula is C19H33Cl2N5O. The molecule has 4 rings (SSSR count). The molecule has 3 aliphatic rings. The first-order valence-corrected chi connectivity index (χ1v) is 10.0. The van der Waals surface area contributed by atoms with E-state index >= 15 is 0 Å². The molecule has 0 radical (unpaired) electrons. The van der Waals surface area contributed by atoms with Gasteiger partial charge in [0.2, 0.25) is 0 Å². The third-order valence-corrected chi connectivity index (χ3v) is 6.39. The summed E-state index contributed by atoms with van der Waals surface area (Å²) in [6, 6.07) is 1.93. The SMILES string of the molecule is Cl.Cl.O=C(N1CCC(CN2CCCC2)CC1)C1(n2cccn2)CCNCC1. The van der Waals surface area contributed by atoms with E-state index in [2.05, 4.69) is 20.2 Å². The van der Waals surface area contributed by atoms with Crippen LogP contribution in [0.25, 0.3) is 0 Å². The highest BCUT2D eigenvalue weighted by Gasteiger charge is 2.45. The summed E-state index contributed by atoms with van der Waals surface area (Å²) in [7, 11) is 0. The predicted octanol–water partition coefficient (Wildman–Crippen LogP) is 2.14. The number of hydrogen-bond acceptors (Lipinski definition) is 4. The van der Waals surface area contributed by atoms with E-state index in [1.807, 2.05) is 16.9 Å². The molecule has 0 aromatic carbocycles. The molecule has 27 heavy (non-hydrogen) atoms. The number of piperidine rings is 2. The van der Waals surface area contributed by atoms with Gasteiger partial charge in [-0.3, -0.25) is 9.48 Å². The quantitative estimate of drug-likeness (QED) is 0.814. The summed E-state index contributed by atoms with van der Waals surface area (Å²) in [6.07, 6.45) is 10.4. The lowest BCUT2D eigenvalue weighted by atomic mass is 9.85. The van der Waals surface area contributed by atoms with Crippen LogP contribution in [-0.2, 0) is 10.3 Å². The first-order valence-electron chi connectivity index (χ1n) is 10.0. The molecule has 6 nitrogen and oxygen atoms in total. The molecule has 0 aliphatic carbocycles. The Bertz CT molecular complexity index is 563. The molecule has 1 amide bonds. The minimum absolute atomic E-state index is 0. The molecule has 1 aromatic heterocycles. The topological polar surface area (TPSA) is 53.4 Å². The van der Waals surface area contributed by atoms with Crippen molar-refractivity contribution in [3.63, 3.8) is 0 Å². The minimum atomic E-state index is -0.476. The maximum Gasteiger partial charge on any atom is 0.250 e. The van der Waals surface area contributed by atoms with E-state index in [4.69, 9.17) is 0 Å². The van der Waals surface area contributed by atoms with Gasteiger partial charge in [-0.1, -0.05) is 0 Å². The van der Waals surface area contributed by atoms with Gasteiger partial charge in [0.15, 0.2) is 0 Å². The standard InChI is InChI=1S/C19H31N5O.2ClH/c25-18(19(6-9-20-10-7-19)24-13-3-8-21-24)23-14-4-17(5-15-23)16-22-11-1-2-12-22;;/h3,8,13,17,20H,1-2,4-7,9-12,14-16H2;2*1H. The van der Waals surface area contributed by atoms with E-state index in [1.165, 1.54) is 32.5 Å². The molecule has 8 heteroatoms. The van der Waals surface area contributed by atoms with E-state index in [1.54, 1.807) is 6.20 Å². The van der Waals surface area contributed by atoms with Crippen LogP contribution in [-0.4, -0.2) is 71.3 Å². The molecule has 1 N–H and O–H groups in total. The van der Waals surface area contributed by atoms with Crippen molar-refractivity contribution in [3.05, 3.63) is 18.5 Å². The van der Waals surface area contributed by atoms with Gasteiger partial charge >= 0.3 is 0 Å². The van der Waals surface area contributed by atoms with Crippen molar-refractivity contribution in [1.82, 2.24) is 24.9 Å². The Labute approximate surface area is 174 Å². The summed E-state index contributed by atoms with van der Waals surface area (Å²) in [5.41, 5.74) is -0.476. The van der Waals surface area contributed by atoms with Crippen LogP contribution in [0.5, 0.6) is 0 Å². The number of hydrogen-bond donors (Lipinski definition) is 1. The van der Waals surface area contributed by atoms with Crippen molar-refractivity contribution in [3.8, 4) is 0 Å². The highest BCUT2D eigenvalue weighted by molar-refractivity contribution is 5.86. The fraction of sp³-hybridized carbons (Fsp3) is 0.789. The summed E-state index contributed by atoms with van der Waals surface area (Å²) in [6.45, 7) is 7.37. The van der Waals surface area contributed by atoms with E-state index in [0.717, 1.165) is 57.8 Å². The average molecular weight is 418 g/mol. The number of carbonyl (C=O) groups excluding carboxylic acids is 1. The van der Waals surface area contributed by atoms with Crippen molar-refractivity contribution in [2.45, 2.75) is 44.1 Å². The molecule has 3 fully saturated rings. The molecule has 3 saturated heterocycles. The fourth-order valence-corrected chi connectivity index (χ4v) is 4.85. The maximum atomic E-state index is 13.5. The van der Waals surface area contributed by atoms with Crippen LogP contribution in [0, 0.1) is 5.92 Å². The third-order valence-electron chi connectivity index (χ3n) is 6.39. The van der Waals surface area contributed by atoms with Crippen LogP contribution in [0.4, 0.5) is 0 Å². The summed E-state index contributed by atoms with van der Waals surface area (Å²) in [5, 5.41) is 7.84. The number of amides is 1. The molecule has 0 unspecified atom stereocenters. The third kappa shape index (κ3) is 4.78. The van der Waals surface area contributed by atoms with Gasteiger partial charge in [0.1, 0.15) is 5.54 Å². The van der Waals surface area contributed by atoms with Crippen molar-refractivity contribution in [2.75, 3.05) is 45.8 Å². The molecule has 0 spiro atoms. The number of halogens is 2. The van der Waals surface area contributed by atoms with E-state index in [0.29, 0.717) is 0 Å².